The number of pyridine rings is 1. The van der Waals surface area contributed by atoms with E-state index < -0.39 is 53.6 Å². The number of halogens is 5. The largest absolute Gasteiger partial charge is 0.378 e. The van der Waals surface area contributed by atoms with E-state index in [1.807, 2.05) is 50.2 Å². The molecule has 0 N–H and O–H groups in total. The lowest BCUT2D eigenvalue weighted by atomic mass is 10.1. The molecule has 0 spiro atoms. The summed E-state index contributed by atoms with van der Waals surface area (Å²) in [6, 6.07) is 14.3. The van der Waals surface area contributed by atoms with Gasteiger partial charge in [-0.3, -0.25) is 25.2 Å². The van der Waals surface area contributed by atoms with Gasteiger partial charge >= 0.3 is 0 Å². The van der Waals surface area contributed by atoms with Gasteiger partial charge in [-0.1, -0.05) is 23.7 Å². The van der Waals surface area contributed by atoms with Crippen LogP contribution in [0.1, 0.15) is 22.3 Å². The number of nitro benzene ring substituents is 2. The van der Waals surface area contributed by atoms with Crippen LogP contribution in [-0.2, 0) is 0 Å². The van der Waals surface area contributed by atoms with E-state index in [1.165, 1.54) is 5.69 Å². The van der Waals surface area contributed by atoms with Crippen molar-refractivity contribution >= 4 is 39.7 Å². The maximum absolute atomic E-state index is 13.7. The lowest BCUT2D eigenvalue weighted by molar-refractivity contribution is -0.394. The molecular weight excluding hydrogens is 671 g/mol. The zero-order chi connectivity index (χ0) is 31.0. The first-order chi connectivity index (χ1) is 19.9. The molecule has 13 heteroatoms. The van der Waals surface area contributed by atoms with Gasteiger partial charge in [0.25, 0.3) is 11.4 Å². The molecule has 0 unspecified atom stereocenters. The quantitative estimate of drug-likeness (QED) is 0.0457. The highest BCUT2D eigenvalue weighted by molar-refractivity contribution is 14.1. The van der Waals surface area contributed by atoms with Crippen LogP contribution in [0, 0.1) is 70.7 Å². The van der Waals surface area contributed by atoms with Crippen LogP contribution in [0.5, 0.6) is 0 Å². The molecule has 0 fully saturated rings. The highest BCUT2D eigenvalue weighted by atomic mass is 127. The molecule has 0 aliphatic carbocycles. The SMILES string of the molecule is CN(C)c1ccc(C#Cc2cccnc2)cc1.O=[N+]([O-])c1cc(C#Cc2c(F)c(F)c(I)c(F)c2F)cc([N+](=O)[O-])c1. The highest BCUT2D eigenvalue weighted by Gasteiger charge is 2.23. The Hall–Kier alpha value is -5.02. The molecule has 0 radical (unpaired) electrons. The third-order valence-electron chi connectivity index (χ3n) is 5.26. The van der Waals surface area contributed by atoms with Crippen molar-refractivity contribution in [3.05, 3.63) is 136 Å². The van der Waals surface area contributed by atoms with Crippen molar-refractivity contribution in [3.63, 3.8) is 0 Å². The summed E-state index contributed by atoms with van der Waals surface area (Å²) < 4.78 is 53.5. The summed E-state index contributed by atoms with van der Waals surface area (Å²) in [5.41, 5.74) is 0.197. The Morgan fingerprint density at radius 2 is 1.26 bits per heavy atom. The Kier molecular flexibility index (Phi) is 10.5. The van der Waals surface area contributed by atoms with Crippen LogP contribution in [0.2, 0.25) is 0 Å². The minimum Gasteiger partial charge on any atom is -0.378 e. The van der Waals surface area contributed by atoms with Gasteiger partial charge in [0.05, 0.1) is 19.5 Å². The van der Waals surface area contributed by atoms with Crippen molar-refractivity contribution < 1.29 is 27.4 Å². The predicted octanol–water partition coefficient (Wildman–Crippen LogP) is 6.61. The first-order valence-electron chi connectivity index (χ1n) is 11.6. The Bertz CT molecular complexity index is 1720. The highest BCUT2D eigenvalue weighted by Crippen LogP contribution is 2.26. The standard InChI is InChI=1S/C15H14N2.C14H3F4IN2O4/c1-17(2)15-9-7-13(8-10-15)5-6-14-4-3-11-16-12-14;15-10-9(11(16)13(18)14(19)12(10)17)2-1-6-3-7(20(22)23)5-8(4-6)21(24)25/h3-4,7-12H,1-2H3;3-5H. The van der Waals surface area contributed by atoms with Crippen LogP contribution in [0.3, 0.4) is 0 Å². The van der Waals surface area contributed by atoms with Crippen molar-refractivity contribution in [2.45, 2.75) is 0 Å². The van der Waals surface area contributed by atoms with Gasteiger partial charge in [-0.05, 0) is 59.0 Å². The number of aromatic nitrogens is 1. The van der Waals surface area contributed by atoms with Gasteiger partial charge in [0.1, 0.15) is 5.56 Å². The van der Waals surface area contributed by atoms with Crippen molar-refractivity contribution in [2.75, 3.05) is 19.0 Å². The van der Waals surface area contributed by atoms with Crippen LogP contribution in [-0.4, -0.2) is 28.9 Å². The molecule has 42 heavy (non-hydrogen) atoms. The molecule has 0 amide bonds. The summed E-state index contributed by atoms with van der Waals surface area (Å²) in [4.78, 5) is 25.7. The Morgan fingerprint density at radius 3 is 1.74 bits per heavy atom. The smallest absolute Gasteiger partial charge is 0.277 e. The number of rotatable bonds is 3. The number of anilines is 1. The Morgan fingerprint density at radius 1 is 0.738 bits per heavy atom. The van der Waals surface area contributed by atoms with Gasteiger partial charge in [0, 0.05) is 61.0 Å². The molecule has 4 rings (SSSR count). The molecule has 3 aromatic carbocycles. The summed E-state index contributed by atoms with van der Waals surface area (Å²) in [5, 5.41) is 21.5. The second kappa shape index (κ2) is 14.0. The lowest BCUT2D eigenvalue weighted by Crippen LogP contribution is -2.07. The fourth-order valence-corrected chi connectivity index (χ4v) is 3.62. The van der Waals surface area contributed by atoms with E-state index in [-0.39, 0.29) is 5.56 Å². The number of benzene rings is 3. The van der Waals surface area contributed by atoms with Gasteiger partial charge < -0.3 is 4.90 Å². The van der Waals surface area contributed by atoms with Crippen LogP contribution in [0.4, 0.5) is 34.6 Å². The van der Waals surface area contributed by atoms with Gasteiger partial charge in [0.2, 0.25) is 0 Å². The van der Waals surface area contributed by atoms with Crippen LogP contribution < -0.4 is 4.90 Å². The van der Waals surface area contributed by atoms with E-state index in [4.69, 9.17) is 0 Å². The zero-order valence-corrected chi connectivity index (χ0v) is 23.8. The van der Waals surface area contributed by atoms with Crippen molar-refractivity contribution in [1.29, 1.82) is 0 Å². The van der Waals surface area contributed by atoms with E-state index in [1.54, 1.807) is 12.4 Å². The minimum absolute atomic E-state index is 0.334. The van der Waals surface area contributed by atoms with Crippen LogP contribution in [0.25, 0.3) is 0 Å². The predicted molar refractivity (Wildman–Crippen MR) is 156 cm³/mol. The molecule has 0 aliphatic rings. The molecule has 0 bridgehead atoms. The average molecular weight is 688 g/mol. The Labute approximate surface area is 250 Å². The molecule has 212 valence electrons. The topological polar surface area (TPSA) is 102 Å². The summed E-state index contributed by atoms with van der Waals surface area (Å²) in [6.07, 6.45) is 3.51. The van der Waals surface area contributed by atoms with Crippen molar-refractivity contribution in [1.82, 2.24) is 4.98 Å². The summed E-state index contributed by atoms with van der Waals surface area (Å²) in [7, 11) is 4.05. The average Bonchev–Trinajstić information content (AvgIpc) is 2.98. The normalized spacial score (nSPS) is 9.79. The van der Waals surface area contributed by atoms with Crippen LogP contribution in [0.15, 0.2) is 67.0 Å². The molecule has 1 aromatic heterocycles. The number of non-ortho nitro benzene ring substituents is 2. The van der Waals surface area contributed by atoms with E-state index in [9.17, 15) is 37.8 Å². The maximum atomic E-state index is 13.7. The molecule has 0 saturated heterocycles. The van der Waals surface area contributed by atoms with Gasteiger partial charge in [0.15, 0.2) is 23.3 Å². The van der Waals surface area contributed by atoms with Crippen molar-refractivity contribution in [3.8, 4) is 23.7 Å². The lowest BCUT2D eigenvalue weighted by Gasteiger charge is -2.11. The van der Waals surface area contributed by atoms with Gasteiger partial charge in [-0.15, -0.1) is 0 Å². The van der Waals surface area contributed by atoms with Crippen molar-refractivity contribution in [2.24, 2.45) is 0 Å². The molecule has 4 aromatic rings. The first kappa shape index (κ1) is 31.5. The second-order valence-corrected chi connectivity index (χ2v) is 9.46. The number of nitro groups is 2. The molecule has 1 heterocycles. The second-order valence-electron chi connectivity index (χ2n) is 8.38. The first-order valence-corrected chi connectivity index (χ1v) is 12.6. The summed E-state index contributed by atoms with van der Waals surface area (Å²) in [6.45, 7) is 0. The Balaban J connectivity index is 0.000000247. The number of hydrogen-bond donors (Lipinski definition) is 0. The van der Waals surface area contributed by atoms with Gasteiger partial charge in [-0.2, -0.15) is 0 Å². The monoisotopic (exact) mass is 688 g/mol. The maximum Gasteiger partial charge on any atom is 0.277 e. The van der Waals surface area contributed by atoms with E-state index in [0.29, 0.717) is 6.07 Å². The van der Waals surface area contributed by atoms with Crippen LogP contribution >= 0.6 is 22.6 Å². The van der Waals surface area contributed by atoms with E-state index in [0.717, 1.165) is 45.9 Å². The third-order valence-corrected chi connectivity index (χ3v) is 6.21. The fourth-order valence-electron chi connectivity index (χ4n) is 3.15. The number of nitrogens with zero attached hydrogens (tertiary/aromatic N) is 4. The summed E-state index contributed by atoms with van der Waals surface area (Å²) >= 11 is 1.07. The number of hydrogen-bond acceptors (Lipinski definition) is 6. The molecule has 0 saturated carbocycles. The minimum atomic E-state index is -1.74. The molecule has 0 atom stereocenters. The fraction of sp³-hybridized carbons (Fsp3) is 0.0690. The molecule has 8 nitrogen and oxygen atoms in total. The van der Waals surface area contributed by atoms with E-state index >= 15 is 0 Å². The summed E-state index contributed by atoms with van der Waals surface area (Å²) in [5.74, 6) is 3.28. The zero-order valence-electron chi connectivity index (χ0n) is 21.7. The van der Waals surface area contributed by atoms with E-state index in [2.05, 4.69) is 33.9 Å². The third kappa shape index (κ3) is 8.02. The van der Waals surface area contributed by atoms with Gasteiger partial charge in [-0.25, -0.2) is 17.6 Å². The molecular formula is C29H17F4IN4O4. The molecule has 0 aliphatic heterocycles.